The summed E-state index contributed by atoms with van der Waals surface area (Å²) in [7, 11) is 1.16. The highest BCUT2D eigenvalue weighted by molar-refractivity contribution is 9.10. The zero-order chi connectivity index (χ0) is 11.6. The second-order valence-corrected chi connectivity index (χ2v) is 3.43. The van der Waals surface area contributed by atoms with E-state index in [0.717, 1.165) is 19.5 Å². The normalized spacial score (nSPS) is 11.2. The van der Waals surface area contributed by atoms with Crippen molar-refractivity contribution >= 4 is 21.9 Å². The molecule has 1 rings (SSSR count). The highest BCUT2D eigenvalue weighted by Crippen LogP contribution is 2.39. The molecule has 4 nitrogen and oxygen atoms in total. The van der Waals surface area contributed by atoms with Gasteiger partial charge in [0.25, 0.3) is 0 Å². The molecule has 82 valence electrons. The van der Waals surface area contributed by atoms with E-state index in [-0.39, 0.29) is 10.2 Å². The molecule has 0 amide bonds. The molecule has 1 aromatic rings. The molecular formula is C8H6BrF2NO3. The number of alkyl halides is 2. The quantitative estimate of drug-likeness (QED) is 0.921. The molecule has 0 saturated carbocycles. The third-order valence-electron chi connectivity index (χ3n) is 1.67. The molecule has 0 aromatic carbocycles. The molecule has 7 heteroatoms. The summed E-state index contributed by atoms with van der Waals surface area (Å²) in [6, 6.07) is 0. The zero-order valence-corrected chi connectivity index (χ0v) is 9.09. The average Bonchev–Trinajstić information content (AvgIpc) is 2.16. The first-order chi connectivity index (χ1) is 6.91. The third kappa shape index (κ3) is 2.06. The van der Waals surface area contributed by atoms with E-state index in [1.165, 1.54) is 0 Å². The molecule has 0 aliphatic rings. The van der Waals surface area contributed by atoms with E-state index in [0.29, 0.717) is 0 Å². The van der Waals surface area contributed by atoms with Crippen molar-refractivity contribution in [2.75, 3.05) is 7.11 Å². The lowest BCUT2D eigenvalue weighted by Crippen LogP contribution is -2.26. The Labute approximate surface area is 92.0 Å². The molecule has 1 aromatic heterocycles. The van der Waals surface area contributed by atoms with E-state index in [9.17, 15) is 13.6 Å². The van der Waals surface area contributed by atoms with Gasteiger partial charge in [-0.05, 0) is 15.9 Å². The third-order valence-corrected chi connectivity index (χ3v) is 2.27. The van der Waals surface area contributed by atoms with Crippen molar-refractivity contribution in [1.82, 2.24) is 4.98 Å². The van der Waals surface area contributed by atoms with Crippen LogP contribution in [0.1, 0.15) is 5.56 Å². The van der Waals surface area contributed by atoms with Crippen LogP contribution in [-0.2, 0) is 10.7 Å². The van der Waals surface area contributed by atoms with Gasteiger partial charge in [0.2, 0.25) is 0 Å². The minimum Gasteiger partial charge on any atom is -0.495 e. The van der Waals surface area contributed by atoms with Crippen LogP contribution in [0.5, 0.6) is 5.75 Å². The number of halogens is 3. The molecule has 1 N–H and O–H groups in total. The largest absolute Gasteiger partial charge is 0.495 e. The molecule has 15 heavy (non-hydrogen) atoms. The minimum absolute atomic E-state index is 0.116. The first-order valence-electron chi connectivity index (χ1n) is 3.70. The lowest BCUT2D eigenvalue weighted by Gasteiger charge is -2.15. The van der Waals surface area contributed by atoms with Crippen LogP contribution in [0.4, 0.5) is 8.78 Å². The van der Waals surface area contributed by atoms with Crippen LogP contribution in [0.25, 0.3) is 0 Å². The molecule has 0 aliphatic heterocycles. The number of ether oxygens (including phenoxy) is 1. The van der Waals surface area contributed by atoms with E-state index in [1.54, 1.807) is 0 Å². The van der Waals surface area contributed by atoms with Crippen molar-refractivity contribution in [1.29, 1.82) is 0 Å². The minimum atomic E-state index is -4.02. The van der Waals surface area contributed by atoms with Gasteiger partial charge in [0, 0.05) is 10.7 Å². The molecule has 0 aliphatic carbocycles. The van der Waals surface area contributed by atoms with Crippen molar-refractivity contribution in [2.45, 2.75) is 5.92 Å². The monoisotopic (exact) mass is 281 g/mol. The van der Waals surface area contributed by atoms with Gasteiger partial charge in [-0.25, -0.2) is 4.79 Å². The van der Waals surface area contributed by atoms with E-state index in [4.69, 9.17) is 5.11 Å². The van der Waals surface area contributed by atoms with Crippen molar-refractivity contribution in [2.24, 2.45) is 0 Å². The first-order valence-corrected chi connectivity index (χ1v) is 4.49. The summed E-state index contributed by atoms with van der Waals surface area (Å²) in [5.41, 5.74) is -0.743. The number of pyridine rings is 1. The van der Waals surface area contributed by atoms with Crippen LogP contribution in [-0.4, -0.2) is 23.2 Å². The molecular weight excluding hydrogens is 276 g/mol. The first kappa shape index (κ1) is 11.8. The molecule has 0 atom stereocenters. The van der Waals surface area contributed by atoms with Crippen LogP contribution in [0.15, 0.2) is 16.9 Å². The summed E-state index contributed by atoms with van der Waals surface area (Å²) in [6.45, 7) is 0. The molecule has 0 fully saturated rings. The molecule has 0 spiro atoms. The number of carboxylic acids is 1. The van der Waals surface area contributed by atoms with Gasteiger partial charge >= 0.3 is 11.9 Å². The van der Waals surface area contributed by atoms with E-state index in [2.05, 4.69) is 25.7 Å². The van der Waals surface area contributed by atoms with Crippen LogP contribution in [0.2, 0.25) is 0 Å². The van der Waals surface area contributed by atoms with Gasteiger partial charge in [-0.1, -0.05) is 0 Å². The average molecular weight is 282 g/mol. The van der Waals surface area contributed by atoms with Crippen LogP contribution in [0.3, 0.4) is 0 Å². The molecule has 0 radical (unpaired) electrons. The Morgan fingerprint density at radius 3 is 2.67 bits per heavy atom. The van der Waals surface area contributed by atoms with Crippen molar-refractivity contribution < 1.29 is 23.4 Å². The molecule has 0 saturated heterocycles. The number of hydrogen-bond acceptors (Lipinski definition) is 3. The molecule has 0 bridgehead atoms. The maximum absolute atomic E-state index is 13.2. The summed E-state index contributed by atoms with van der Waals surface area (Å²) < 4.78 is 31.0. The number of carbonyl (C=O) groups is 1. The van der Waals surface area contributed by atoms with Gasteiger partial charge in [0.15, 0.2) is 0 Å². The van der Waals surface area contributed by atoms with Gasteiger partial charge in [-0.3, -0.25) is 4.98 Å². The number of aromatic nitrogens is 1. The lowest BCUT2D eigenvalue weighted by molar-refractivity contribution is -0.166. The van der Waals surface area contributed by atoms with Crippen molar-refractivity contribution in [3.63, 3.8) is 0 Å². The van der Waals surface area contributed by atoms with E-state index < -0.39 is 17.5 Å². The van der Waals surface area contributed by atoms with Crippen molar-refractivity contribution in [3.8, 4) is 5.75 Å². The fourth-order valence-electron chi connectivity index (χ4n) is 0.984. The highest BCUT2D eigenvalue weighted by atomic mass is 79.9. The van der Waals surface area contributed by atoms with E-state index >= 15 is 0 Å². The number of carboxylic acid groups (broad SMARTS) is 1. The van der Waals surface area contributed by atoms with Crippen LogP contribution < -0.4 is 4.74 Å². The Bertz CT molecular complexity index is 397. The number of hydrogen-bond donors (Lipinski definition) is 1. The number of aliphatic carboxylic acids is 1. The predicted molar refractivity (Wildman–Crippen MR) is 50.0 cm³/mol. The van der Waals surface area contributed by atoms with Gasteiger partial charge in [0.1, 0.15) is 5.75 Å². The van der Waals surface area contributed by atoms with E-state index in [1.807, 2.05) is 0 Å². The SMILES string of the molecule is COc1cncc(Br)c1C(F)(F)C(=O)O. The standard InChI is InChI=1S/C8H6BrF2NO3/c1-15-5-3-12-2-4(9)6(5)8(10,11)7(13)14/h2-3H,1H3,(H,13,14). The summed E-state index contributed by atoms with van der Waals surface area (Å²) in [5, 5.41) is 8.39. The summed E-state index contributed by atoms with van der Waals surface area (Å²) in [5.74, 6) is -6.54. The Morgan fingerprint density at radius 2 is 2.20 bits per heavy atom. The number of rotatable bonds is 3. The summed E-state index contributed by atoms with van der Waals surface area (Å²) in [6.07, 6.45) is 2.10. The number of methoxy groups -OCH3 is 1. The Kier molecular flexibility index (Phi) is 3.23. The fraction of sp³-hybridized carbons (Fsp3) is 0.250. The zero-order valence-electron chi connectivity index (χ0n) is 7.50. The molecule has 1 heterocycles. The van der Waals surface area contributed by atoms with Crippen LogP contribution >= 0.6 is 15.9 Å². The van der Waals surface area contributed by atoms with Gasteiger partial charge in [-0.2, -0.15) is 8.78 Å². The highest BCUT2D eigenvalue weighted by Gasteiger charge is 2.45. The smallest absolute Gasteiger partial charge is 0.379 e. The van der Waals surface area contributed by atoms with Gasteiger partial charge < -0.3 is 9.84 Å². The predicted octanol–water partition coefficient (Wildman–Crippen LogP) is 2.03. The van der Waals surface area contributed by atoms with Crippen molar-refractivity contribution in [3.05, 3.63) is 22.4 Å². The second-order valence-electron chi connectivity index (χ2n) is 2.58. The Balaban J connectivity index is 3.41. The summed E-state index contributed by atoms with van der Waals surface area (Å²) >= 11 is 2.81. The summed E-state index contributed by atoms with van der Waals surface area (Å²) in [4.78, 5) is 14.0. The fourth-order valence-corrected chi connectivity index (χ4v) is 1.55. The second kappa shape index (κ2) is 4.09. The Morgan fingerprint density at radius 1 is 1.60 bits per heavy atom. The van der Waals surface area contributed by atoms with Crippen LogP contribution in [0, 0.1) is 0 Å². The van der Waals surface area contributed by atoms with Gasteiger partial charge in [-0.15, -0.1) is 0 Å². The maximum atomic E-state index is 13.2. The molecule has 0 unspecified atom stereocenters. The lowest BCUT2D eigenvalue weighted by atomic mass is 10.1. The van der Waals surface area contributed by atoms with Gasteiger partial charge in [0.05, 0.1) is 18.9 Å². The topological polar surface area (TPSA) is 59.4 Å². The maximum Gasteiger partial charge on any atom is 0.379 e. The number of nitrogens with zero attached hydrogens (tertiary/aromatic N) is 1. The Hall–Kier alpha value is -1.24.